The summed E-state index contributed by atoms with van der Waals surface area (Å²) in [6.07, 6.45) is 0. The van der Waals surface area contributed by atoms with Gasteiger partial charge < -0.3 is 0 Å². The highest BCUT2D eigenvalue weighted by Gasteiger charge is 1.53. The molecule has 0 N–H and O–H groups in total. The maximum atomic E-state index is 3.47. The van der Waals surface area contributed by atoms with Gasteiger partial charge in [-0.15, -0.1) is 0 Å². The average Bonchev–Trinajstić information content (AvgIpc) is 0.811. The lowest BCUT2D eigenvalue weighted by Gasteiger charge is -1.65. The molecule has 0 unspecified atom stereocenters. The normalized spacial score (nSPS) is 4.33. The zero-order valence-electron chi connectivity index (χ0n) is 3.15. The Hall–Kier alpha value is -0.330. The topological polar surface area (TPSA) is 3.01 Å². The lowest BCUT2D eigenvalue weighted by atomic mass is 11.1. The lowest BCUT2D eigenvalue weighted by Crippen LogP contribution is -1.86. The predicted molar refractivity (Wildman–Crippen MR) is 32.7 cm³/mol. The summed E-state index contributed by atoms with van der Waals surface area (Å²) in [4.78, 5) is 0. The summed E-state index contributed by atoms with van der Waals surface area (Å²) in [5.74, 6) is 0. The average molecular weight is 90.2 g/mol. The minimum atomic E-state index is 0. The summed E-state index contributed by atoms with van der Waals surface area (Å²) in [6.45, 7) is 3.47. The molecule has 0 aromatic rings. The number of rotatable bonds is 0. The van der Waals surface area contributed by atoms with Gasteiger partial charge in [0, 0.05) is 0 Å². The third-order valence-corrected chi connectivity index (χ3v) is 0. The van der Waals surface area contributed by atoms with Crippen LogP contribution in [0.2, 0.25) is 0 Å². The highest BCUT2D eigenvalue weighted by atomic mass is 14.9. The van der Waals surface area contributed by atoms with Crippen LogP contribution in [0.3, 0.4) is 0 Å². The van der Waals surface area contributed by atoms with E-state index in [0.717, 1.165) is 0 Å². The van der Waals surface area contributed by atoms with Crippen molar-refractivity contribution in [2.75, 3.05) is 14.1 Å². The van der Waals surface area contributed by atoms with Crippen LogP contribution >= 0.6 is 0 Å². The quantitative estimate of drug-likeness (QED) is 0.311. The van der Waals surface area contributed by atoms with Gasteiger partial charge in [-0.25, -0.2) is 4.58 Å². The van der Waals surface area contributed by atoms with Gasteiger partial charge in [-0.2, -0.15) is 0 Å². The Morgan fingerprint density at radius 3 is 1.17 bits per heavy atom. The molecule has 0 rings (SSSR count). The van der Waals surface area contributed by atoms with E-state index in [1.165, 1.54) is 0 Å². The highest BCUT2D eigenvalue weighted by molar-refractivity contribution is 5.13. The standard InChI is InChI=1S/C3H8N.2CH4/c1-4(2)3;;/h1H2,2-3H3;2*1H4/q+1;;. The highest BCUT2D eigenvalue weighted by Crippen LogP contribution is 1.30. The van der Waals surface area contributed by atoms with E-state index in [0.29, 0.717) is 0 Å². The molecule has 0 aliphatic heterocycles. The molecule has 0 atom stereocenters. The number of hydrogen-bond donors (Lipinski definition) is 0. The molecule has 1 nitrogen and oxygen atoms in total. The monoisotopic (exact) mass is 90.1 g/mol. The molecule has 0 amide bonds. The number of nitrogens with zero attached hydrogens (tertiary/aromatic N) is 1. The van der Waals surface area contributed by atoms with Crippen LogP contribution in [0, 0.1) is 0 Å². The number of hydrogen-bond acceptors (Lipinski definition) is 0. The molecule has 0 aliphatic carbocycles. The SMILES string of the molecule is C.C.C=[N+](C)C. The van der Waals surface area contributed by atoms with E-state index in [1.54, 1.807) is 4.58 Å². The van der Waals surface area contributed by atoms with E-state index < -0.39 is 0 Å². The fourth-order valence-electron chi connectivity index (χ4n) is 0. The van der Waals surface area contributed by atoms with Crippen LogP contribution in [-0.2, 0) is 0 Å². The van der Waals surface area contributed by atoms with E-state index in [2.05, 4.69) is 6.72 Å². The van der Waals surface area contributed by atoms with Gasteiger partial charge in [0.25, 0.3) is 0 Å². The van der Waals surface area contributed by atoms with Crippen molar-refractivity contribution < 1.29 is 4.58 Å². The maximum absolute atomic E-state index is 3.47. The first-order chi connectivity index (χ1) is 1.73. The van der Waals surface area contributed by atoms with Gasteiger partial charge in [-0.3, -0.25) is 0 Å². The van der Waals surface area contributed by atoms with Crippen LogP contribution in [-0.4, -0.2) is 25.4 Å². The van der Waals surface area contributed by atoms with E-state index >= 15 is 0 Å². The zero-order chi connectivity index (χ0) is 3.58. The first-order valence-electron chi connectivity index (χ1n) is 1.21. The van der Waals surface area contributed by atoms with Crippen molar-refractivity contribution in [1.82, 2.24) is 0 Å². The van der Waals surface area contributed by atoms with Crippen molar-refractivity contribution in [3.8, 4) is 0 Å². The largest absolute Gasteiger partial charge is 0.248 e. The van der Waals surface area contributed by atoms with Crippen LogP contribution in [0.5, 0.6) is 0 Å². The van der Waals surface area contributed by atoms with Crippen LogP contribution in [0.15, 0.2) is 0 Å². The summed E-state index contributed by atoms with van der Waals surface area (Å²) in [5, 5.41) is 0. The maximum Gasteiger partial charge on any atom is 0.131 e. The molecule has 0 saturated carbocycles. The van der Waals surface area contributed by atoms with Crippen LogP contribution in [0.4, 0.5) is 0 Å². The van der Waals surface area contributed by atoms with Crippen LogP contribution in [0.1, 0.15) is 14.9 Å². The molecule has 40 valence electrons. The predicted octanol–water partition coefficient (Wildman–Crippen LogP) is 1.23. The van der Waals surface area contributed by atoms with Gasteiger partial charge in [0.05, 0.1) is 0 Å². The lowest BCUT2D eigenvalue weighted by molar-refractivity contribution is -0.454. The molecule has 0 fully saturated rings. The zero-order valence-corrected chi connectivity index (χ0v) is 3.15. The van der Waals surface area contributed by atoms with E-state index in [-0.39, 0.29) is 14.9 Å². The van der Waals surface area contributed by atoms with Crippen molar-refractivity contribution in [3.05, 3.63) is 0 Å². The van der Waals surface area contributed by atoms with Crippen molar-refractivity contribution >= 4 is 6.72 Å². The molecule has 6 heavy (non-hydrogen) atoms. The Bertz CT molecular complexity index is 26.9. The Balaban J connectivity index is -0.0000000450. The third kappa shape index (κ3) is 240. The molecule has 0 radical (unpaired) electrons. The van der Waals surface area contributed by atoms with Gasteiger partial charge in [0.15, 0.2) is 0 Å². The van der Waals surface area contributed by atoms with Crippen LogP contribution < -0.4 is 0 Å². The summed E-state index contributed by atoms with van der Waals surface area (Å²) >= 11 is 0. The molecule has 0 aromatic carbocycles. The van der Waals surface area contributed by atoms with E-state index in [4.69, 9.17) is 0 Å². The second-order valence-electron chi connectivity index (χ2n) is 1.08. The fourth-order valence-corrected chi connectivity index (χ4v) is 0. The van der Waals surface area contributed by atoms with E-state index in [1.807, 2.05) is 14.1 Å². The molecule has 0 aliphatic rings. The second-order valence-corrected chi connectivity index (χ2v) is 1.08. The Morgan fingerprint density at radius 1 is 1.17 bits per heavy atom. The first kappa shape index (κ1) is 17.3. The molecule has 1 heteroatoms. The van der Waals surface area contributed by atoms with Gasteiger partial charge in [0.2, 0.25) is 0 Å². The van der Waals surface area contributed by atoms with Crippen molar-refractivity contribution in [1.29, 1.82) is 0 Å². The smallest absolute Gasteiger partial charge is 0.131 e. The van der Waals surface area contributed by atoms with Gasteiger partial charge in [-0.05, 0) is 0 Å². The molecular weight excluding hydrogens is 74.1 g/mol. The van der Waals surface area contributed by atoms with Gasteiger partial charge in [0.1, 0.15) is 20.8 Å². The summed E-state index contributed by atoms with van der Waals surface area (Å²) in [6, 6.07) is 0. The Morgan fingerprint density at radius 2 is 1.17 bits per heavy atom. The van der Waals surface area contributed by atoms with E-state index in [9.17, 15) is 0 Å². The van der Waals surface area contributed by atoms with Gasteiger partial charge >= 0.3 is 0 Å². The molecule has 0 bridgehead atoms. The molecule has 0 spiro atoms. The summed E-state index contributed by atoms with van der Waals surface area (Å²) in [5.41, 5.74) is 0. The molecule has 0 heterocycles. The van der Waals surface area contributed by atoms with Gasteiger partial charge in [-0.1, -0.05) is 14.9 Å². The molecular formula is C5H16N+. The molecule has 0 aromatic heterocycles. The van der Waals surface area contributed by atoms with Crippen LogP contribution in [0.25, 0.3) is 0 Å². The third-order valence-electron chi connectivity index (χ3n) is 0. The van der Waals surface area contributed by atoms with Crippen molar-refractivity contribution in [3.63, 3.8) is 0 Å². The second kappa shape index (κ2) is 8.82. The van der Waals surface area contributed by atoms with Crippen molar-refractivity contribution in [2.24, 2.45) is 0 Å². The minimum absolute atomic E-state index is 0. The summed E-state index contributed by atoms with van der Waals surface area (Å²) < 4.78 is 1.75. The first-order valence-corrected chi connectivity index (χ1v) is 1.21. The minimum Gasteiger partial charge on any atom is -0.248 e. The molecule has 0 saturated heterocycles. The Labute approximate surface area is 41.3 Å². The Kier molecular flexibility index (Phi) is 25.5. The van der Waals surface area contributed by atoms with Crippen molar-refractivity contribution in [2.45, 2.75) is 14.9 Å². The fraction of sp³-hybridized carbons (Fsp3) is 0.800. The summed E-state index contributed by atoms with van der Waals surface area (Å²) in [7, 11) is 3.78.